The maximum atomic E-state index is 12.5. The summed E-state index contributed by atoms with van der Waals surface area (Å²) in [6.45, 7) is 5.08. The Morgan fingerprint density at radius 3 is 2.63 bits per heavy atom. The van der Waals surface area contributed by atoms with Gasteiger partial charge < -0.3 is 15.0 Å². The average molecular weight is 368 g/mol. The highest BCUT2D eigenvalue weighted by molar-refractivity contribution is 6.04. The van der Waals surface area contributed by atoms with Crippen LogP contribution in [-0.2, 0) is 16.6 Å². The zero-order chi connectivity index (χ0) is 19.7. The topological polar surface area (TPSA) is 106 Å². The van der Waals surface area contributed by atoms with Gasteiger partial charge in [0.25, 0.3) is 5.91 Å². The molecule has 0 saturated heterocycles. The van der Waals surface area contributed by atoms with Crippen LogP contribution in [0.3, 0.4) is 0 Å². The number of aromatic amines is 1. The van der Waals surface area contributed by atoms with Crippen molar-refractivity contribution in [3.8, 4) is 0 Å². The van der Waals surface area contributed by atoms with E-state index in [0.29, 0.717) is 22.3 Å². The first-order valence-corrected chi connectivity index (χ1v) is 8.42. The molecule has 0 saturated carbocycles. The number of carbonyl (C=O) groups is 2. The van der Waals surface area contributed by atoms with Crippen LogP contribution in [0.25, 0.3) is 10.9 Å². The molecule has 1 amide bonds. The van der Waals surface area contributed by atoms with Gasteiger partial charge in [-0.15, -0.1) is 0 Å². The Morgan fingerprint density at radius 1 is 1.26 bits per heavy atom. The van der Waals surface area contributed by atoms with E-state index in [9.17, 15) is 14.4 Å². The Hall–Kier alpha value is -3.42. The normalized spacial score (nSPS) is 12.0. The number of nitrogens with zero attached hydrogens (tertiary/aromatic N) is 2. The summed E-state index contributed by atoms with van der Waals surface area (Å²) in [6.07, 6.45) is -1.05. The quantitative estimate of drug-likeness (QED) is 0.686. The van der Waals surface area contributed by atoms with Crippen molar-refractivity contribution in [3.63, 3.8) is 0 Å². The number of aryl methyl sites for hydroxylation is 2. The number of hydrogen-bond acceptors (Lipinski definition) is 5. The highest BCUT2D eigenvalue weighted by Crippen LogP contribution is 2.20. The van der Waals surface area contributed by atoms with Crippen molar-refractivity contribution < 1.29 is 14.3 Å². The van der Waals surface area contributed by atoms with E-state index in [1.807, 2.05) is 6.92 Å². The van der Waals surface area contributed by atoms with E-state index >= 15 is 0 Å². The molecule has 0 unspecified atom stereocenters. The van der Waals surface area contributed by atoms with Crippen LogP contribution in [0, 0.1) is 13.8 Å². The standard InChI is InChI=1S/C19H20N4O4/c1-10-17(11(2)23(4)22-10)21-18(25)12(3)27-19(26)14-9-16(24)20-15-8-6-5-7-13(14)15/h5-9,12H,1-4H3,(H,20,24)(H,21,25)/t12-/m0/s1. The monoisotopic (exact) mass is 368 g/mol. The van der Waals surface area contributed by atoms with Gasteiger partial charge in [0.05, 0.1) is 22.6 Å². The third-order valence-electron chi connectivity index (χ3n) is 4.38. The highest BCUT2D eigenvalue weighted by Gasteiger charge is 2.23. The smallest absolute Gasteiger partial charge is 0.339 e. The second-order valence-corrected chi connectivity index (χ2v) is 6.30. The number of amides is 1. The van der Waals surface area contributed by atoms with Crippen LogP contribution < -0.4 is 10.9 Å². The number of para-hydroxylation sites is 1. The Labute approximate surface area is 155 Å². The molecule has 1 aromatic carbocycles. The average Bonchev–Trinajstić information content (AvgIpc) is 2.86. The number of pyridine rings is 1. The molecule has 8 nitrogen and oxygen atoms in total. The van der Waals surface area contributed by atoms with E-state index < -0.39 is 23.5 Å². The number of rotatable bonds is 4. The van der Waals surface area contributed by atoms with E-state index in [1.165, 1.54) is 13.0 Å². The molecule has 3 rings (SSSR count). The molecule has 3 aromatic rings. The minimum Gasteiger partial charge on any atom is -0.449 e. The minimum absolute atomic E-state index is 0.114. The first kappa shape index (κ1) is 18.4. The Kier molecular flexibility index (Phi) is 4.81. The van der Waals surface area contributed by atoms with Crippen molar-refractivity contribution in [2.45, 2.75) is 26.9 Å². The van der Waals surface area contributed by atoms with Gasteiger partial charge in [-0.25, -0.2) is 4.79 Å². The van der Waals surface area contributed by atoms with Gasteiger partial charge in [0.1, 0.15) is 0 Å². The van der Waals surface area contributed by atoms with E-state index in [4.69, 9.17) is 4.74 Å². The molecule has 0 radical (unpaired) electrons. The van der Waals surface area contributed by atoms with Crippen LogP contribution >= 0.6 is 0 Å². The molecule has 1 atom stereocenters. The SMILES string of the molecule is Cc1nn(C)c(C)c1NC(=O)[C@H](C)OC(=O)c1cc(=O)[nH]c2ccccc12. The van der Waals surface area contributed by atoms with E-state index in [-0.39, 0.29) is 5.56 Å². The van der Waals surface area contributed by atoms with Crippen molar-refractivity contribution >= 4 is 28.5 Å². The summed E-state index contributed by atoms with van der Waals surface area (Å²) in [6, 6.07) is 8.07. The molecule has 2 aromatic heterocycles. The first-order valence-electron chi connectivity index (χ1n) is 8.42. The summed E-state index contributed by atoms with van der Waals surface area (Å²) < 4.78 is 6.95. The number of H-pyrrole nitrogens is 1. The van der Waals surface area contributed by atoms with Gasteiger partial charge in [-0.1, -0.05) is 18.2 Å². The lowest BCUT2D eigenvalue weighted by molar-refractivity contribution is -0.123. The molecular formula is C19H20N4O4. The zero-order valence-electron chi connectivity index (χ0n) is 15.5. The van der Waals surface area contributed by atoms with Crippen LogP contribution in [0.1, 0.15) is 28.7 Å². The van der Waals surface area contributed by atoms with Gasteiger partial charge in [-0.3, -0.25) is 14.3 Å². The number of carbonyl (C=O) groups excluding carboxylic acids is 2. The molecule has 140 valence electrons. The summed E-state index contributed by atoms with van der Waals surface area (Å²) in [5.74, 6) is -1.21. The van der Waals surface area contributed by atoms with Crippen LogP contribution in [0.15, 0.2) is 35.1 Å². The predicted molar refractivity (Wildman–Crippen MR) is 101 cm³/mol. The molecule has 0 aliphatic carbocycles. The Morgan fingerprint density at radius 2 is 1.96 bits per heavy atom. The highest BCUT2D eigenvalue weighted by atomic mass is 16.5. The third-order valence-corrected chi connectivity index (χ3v) is 4.38. The fourth-order valence-corrected chi connectivity index (χ4v) is 2.83. The number of nitrogens with one attached hydrogen (secondary N) is 2. The fraction of sp³-hybridized carbons (Fsp3) is 0.263. The van der Waals surface area contributed by atoms with Crippen molar-refractivity contribution in [3.05, 3.63) is 57.6 Å². The maximum absolute atomic E-state index is 12.5. The first-order chi connectivity index (χ1) is 12.8. The Bertz CT molecular complexity index is 1100. The Balaban J connectivity index is 1.80. The summed E-state index contributed by atoms with van der Waals surface area (Å²) in [4.78, 5) is 39.4. The molecule has 2 N–H and O–H groups in total. The van der Waals surface area contributed by atoms with Crippen molar-refractivity contribution in [1.29, 1.82) is 0 Å². The van der Waals surface area contributed by atoms with Gasteiger partial charge in [0.15, 0.2) is 6.10 Å². The molecule has 0 aliphatic rings. The molecule has 0 spiro atoms. The molecule has 2 heterocycles. The molecule has 0 fully saturated rings. The molecule has 0 bridgehead atoms. The van der Waals surface area contributed by atoms with Crippen LogP contribution in [0.5, 0.6) is 0 Å². The molecule has 8 heteroatoms. The maximum Gasteiger partial charge on any atom is 0.339 e. The van der Waals surface area contributed by atoms with Crippen LogP contribution in [0.4, 0.5) is 5.69 Å². The second kappa shape index (κ2) is 7.06. The largest absolute Gasteiger partial charge is 0.449 e. The van der Waals surface area contributed by atoms with E-state index in [0.717, 1.165) is 5.69 Å². The van der Waals surface area contributed by atoms with Gasteiger partial charge in [0, 0.05) is 24.0 Å². The van der Waals surface area contributed by atoms with Gasteiger partial charge >= 0.3 is 5.97 Å². The molecular weight excluding hydrogens is 348 g/mol. The van der Waals surface area contributed by atoms with E-state index in [2.05, 4.69) is 15.4 Å². The van der Waals surface area contributed by atoms with E-state index in [1.54, 1.807) is 42.9 Å². The van der Waals surface area contributed by atoms with Crippen molar-refractivity contribution in [2.24, 2.45) is 7.05 Å². The number of aromatic nitrogens is 3. The minimum atomic E-state index is -1.05. The lowest BCUT2D eigenvalue weighted by Crippen LogP contribution is -2.30. The summed E-state index contributed by atoms with van der Waals surface area (Å²) in [5, 5.41) is 7.52. The molecule has 27 heavy (non-hydrogen) atoms. The summed E-state index contributed by atoms with van der Waals surface area (Å²) in [5.41, 5.74) is 2.27. The number of fused-ring (bicyclic) bond motifs is 1. The third kappa shape index (κ3) is 3.59. The summed E-state index contributed by atoms with van der Waals surface area (Å²) >= 11 is 0. The summed E-state index contributed by atoms with van der Waals surface area (Å²) in [7, 11) is 1.78. The van der Waals surface area contributed by atoms with Crippen LogP contribution in [-0.4, -0.2) is 32.7 Å². The second-order valence-electron chi connectivity index (χ2n) is 6.30. The number of anilines is 1. The number of esters is 1. The fourth-order valence-electron chi connectivity index (χ4n) is 2.83. The van der Waals surface area contributed by atoms with Gasteiger partial charge in [-0.2, -0.15) is 5.10 Å². The number of ether oxygens (including phenoxy) is 1. The predicted octanol–water partition coefficient (Wildman–Crippen LogP) is 2.06. The zero-order valence-corrected chi connectivity index (χ0v) is 15.5. The lowest BCUT2D eigenvalue weighted by atomic mass is 10.1. The molecule has 0 aliphatic heterocycles. The van der Waals surface area contributed by atoms with Gasteiger partial charge in [0.2, 0.25) is 5.56 Å². The number of hydrogen-bond donors (Lipinski definition) is 2. The van der Waals surface area contributed by atoms with Gasteiger partial charge in [-0.05, 0) is 26.8 Å². The van der Waals surface area contributed by atoms with Crippen molar-refractivity contribution in [1.82, 2.24) is 14.8 Å². The van der Waals surface area contributed by atoms with Crippen molar-refractivity contribution in [2.75, 3.05) is 5.32 Å². The number of benzene rings is 1. The van der Waals surface area contributed by atoms with Crippen LogP contribution in [0.2, 0.25) is 0 Å². The lowest BCUT2D eigenvalue weighted by Gasteiger charge is -2.14.